The van der Waals surface area contributed by atoms with E-state index in [1.54, 1.807) is 20.1 Å². The molecular formula is C18H18O5. The lowest BCUT2D eigenvalue weighted by molar-refractivity contribution is 0.0844. The molecule has 0 unspecified atom stereocenters. The average molecular weight is 314 g/mol. The molecule has 5 heteroatoms. The highest BCUT2D eigenvalue weighted by molar-refractivity contribution is 6.03. The molecule has 0 saturated carbocycles. The summed E-state index contributed by atoms with van der Waals surface area (Å²) in [5.41, 5.74) is 1.64. The molecule has 1 N–H and O–H groups in total. The van der Waals surface area contributed by atoms with Crippen molar-refractivity contribution in [3.8, 4) is 23.0 Å². The molecule has 2 aromatic rings. The molecule has 0 amide bonds. The summed E-state index contributed by atoms with van der Waals surface area (Å²) in [6, 6.07) is 9.04. The molecule has 3 rings (SSSR count). The van der Waals surface area contributed by atoms with Gasteiger partial charge in [-0.15, -0.1) is 0 Å². The minimum atomic E-state index is -0.396. The summed E-state index contributed by atoms with van der Waals surface area (Å²) in [6.07, 6.45) is -0.216. The van der Waals surface area contributed by atoms with Crippen molar-refractivity contribution in [2.24, 2.45) is 0 Å². The Kier molecular flexibility index (Phi) is 3.86. The molecule has 5 nitrogen and oxygen atoms in total. The predicted molar refractivity (Wildman–Crippen MR) is 84.7 cm³/mol. The van der Waals surface area contributed by atoms with Crippen molar-refractivity contribution in [3.63, 3.8) is 0 Å². The standard InChI is InChI=1S/C18H18O5/c1-10-14(22-3)9-16-17(18(10)20)13(19)8-15(23-16)11-4-6-12(21-2)7-5-11/h4-7,9,15,20H,8H2,1-3H3/t15-/m1/s1. The average Bonchev–Trinajstić information content (AvgIpc) is 2.57. The van der Waals surface area contributed by atoms with Crippen LogP contribution in [0.15, 0.2) is 30.3 Å². The quantitative estimate of drug-likeness (QED) is 0.940. The largest absolute Gasteiger partial charge is 0.507 e. The van der Waals surface area contributed by atoms with Gasteiger partial charge in [-0.05, 0) is 24.6 Å². The summed E-state index contributed by atoms with van der Waals surface area (Å²) < 4.78 is 16.3. The zero-order valence-corrected chi connectivity index (χ0v) is 13.3. The second-order valence-corrected chi connectivity index (χ2v) is 5.43. The number of fused-ring (bicyclic) bond motifs is 1. The zero-order chi connectivity index (χ0) is 16.6. The topological polar surface area (TPSA) is 65.0 Å². The van der Waals surface area contributed by atoms with Gasteiger partial charge in [0.1, 0.15) is 34.7 Å². The van der Waals surface area contributed by atoms with Gasteiger partial charge in [-0.2, -0.15) is 0 Å². The van der Waals surface area contributed by atoms with Crippen molar-refractivity contribution in [2.45, 2.75) is 19.4 Å². The van der Waals surface area contributed by atoms with Crippen LogP contribution in [-0.4, -0.2) is 25.1 Å². The van der Waals surface area contributed by atoms with Crippen LogP contribution in [0.5, 0.6) is 23.0 Å². The fraction of sp³-hybridized carbons (Fsp3) is 0.278. The smallest absolute Gasteiger partial charge is 0.174 e. The summed E-state index contributed by atoms with van der Waals surface area (Å²) in [5, 5.41) is 10.3. The van der Waals surface area contributed by atoms with E-state index in [1.807, 2.05) is 24.3 Å². The van der Waals surface area contributed by atoms with Crippen LogP contribution in [0.25, 0.3) is 0 Å². The van der Waals surface area contributed by atoms with Gasteiger partial charge < -0.3 is 19.3 Å². The van der Waals surface area contributed by atoms with E-state index in [2.05, 4.69) is 0 Å². The molecule has 0 bridgehead atoms. The lowest BCUT2D eigenvalue weighted by Crippen LogP contribution is -2.21. The Labute approximate surface area is 134 Å². The first-order valence-electron chi connectivity index (χ1n) is 7.29. The SMILES string of the molecule is COc1ccc([C@H]2CC(=O)c3c(cc(OC)c(C)c3O)O2)cc1. The third-order valence-corrected chi connectivity index (χ3v) is 4.10. The van der Waals surface area contributed by atoms with Gasteiger partial charge in [-0.3, -0.25) is 4.79 Å². The summed E-state index contributed by atoms with van der Waals surface area (Å²) in [6.45, 7) is 1.71. The monoisotopic (exact) mass is 314 g/mol. The van der Waals surface area contributed by atoms with E-state index in [0.717, 1.165) is 11.3 Å². The van der Waals surface area contributed by atoms with Gasteiger partial charge in [0.25, 0.3) is 0 Å². The predicted octanol–water partition coefficient (Wildman–Crippen LogP) is 3.42. The summed E-state index contributed by atoms with van der Waals surface area (Å²) in [4.78, 5) is 12.5. The lowest BCUT2D eigenvalue weighted by atomic mass is 9.94. The maximum absolute atomic E-state index is 12.5. The molecule has 2 aromatic carbocycles. The Morgan fingerprint density at radius 3 is 2.48 bits per heavy atom. The number of benzene rings is 2. The molecule has 120 valence electrons. The molecule has 0 saturated heterocycles. The molecule has 1 aliphatic heterocycles. The van der Waals surface area contributed by atoms with Crippen LogP contribution in [-0.2, 0) is 0 Å². The van der Waals surface area contributed by atoms with Gasteiger partial charge in [0.15, 0.2) is 5.78 Å². The Hall–Kier alpha value is -2.69. The molecular weight excluding hydrogens is 296 g/mol. The van der Waals surface area contributed by atoms with E-state index in [9.17, 15) is 9.90 Å². The first-order valence-corrected chi connectivity index (χ1v) is 7.29. The molecule has 1 aliphatic rings. The Bertz CT molecular complexity index is 749. The number of ketones is 1. The zero-order valence-electron chi connectivity index (χ0n) is 13.3. The van der Waals surface area contributed by atoms with Gasteiger partial charge in [0.2, 0.25) is 0 Å². The van der Waals surface area contributed by atoms with Gasteiger partial charge in [0, 0.05) is 11.6 Å². The number of phenolic OH excluding ortho intramolecular Hbond substituents is 1. The molecule has 0 aliphatic carbocycles. The Morgan fingerprint density at radius 2 is 1.87 bits per heavy atom. The van der Waals surface area contributed by atoms with Crippen LogP contribution in [0.2, 0.25) is 0 Å². The minimum Gasteiger partial charge on any atom is -0.507 e. The number of phenols is 1. The van der Waals surface area contributed by atoms with E-state index in [1.165, 1.54) is 7.11 Å². The van der Waals surface area contributed by atoms with E-state index < -0.39 is 6.10 Å². The van der Waals surface area contributed by atoms with Gasteiger partial charge in [-0.1, -0.05) is 12.1 Å². The van der Waals surface area contributed by atoms with Crippen LogP contribution in [0, 0.1) is 6.92 Å². The van der Waals surface area contributed by atoms with Crippen LogP contribution in [0.4, 0.5) is 0 Å². The van der Waals surface area contributed by atoms with Crippen LogP contribution in [0.1, 0.15) is 34.0 Å². The highest BCUT2D eigenvalue weighted by Gasteiger charge is 2.32. The highest BCUT2D eigenvalue weighted by Crippen LogP contribution is 2.44. The van der Waals surface area contributed by atoms with Crippen molar-refractivity contribution in [3.05, 3.63) is 47.0 Å². The van der Waals surface area contributed by atoms with E-state index in [0.29, 0.717) is 17.1 Å². The number of methoxy groups -OCH3 is 2. The maximum Gasteiger partial charge on any atom is 0.174 e. The minimum absolute atomic E-state index is 0.0717. The van der Waals surface area contributed by atoms with Crippen LogP contribution >= 0.6 is 0 Å². The fourth-order valence-corrected chi connectivity index (χ4v) is 2.76. The molecule has 23 heavy (non-hydrogen) atoms. The lowest BCUT2D eigenvalue weighted by Gasteiger charge is -2.27. The van der Waals surface area contributed by atoms with E-state index >= 15 is 0 Å². The Balaban J connectivity index is 1.99. The van der Waals surface area contributed by atoms with Crippen molar-refractivity contribution in [1.29, 1.82) is 0 Å². The maximum atomic E-state index is 12.5. The third-order valence-electron chi connectivity index (χ3n) is 4.10. The van der Waals surface area contributed by atoms with Crippen molar-refractivity contribution < 1.29 is 24.1 Å². The molecule has 0 aromatic heterocycles. The third kappa shape index (κ3) is 2.59. The number of carbonyl (C=O) groups excluding carboxylic acids is 1. The van der Waals surface area contributed by atoms with Crippen molar-refractivity contribution in [1.82, 2.24) is 0 Å². The van der Waals surface area contributed by atoms with Crippen LogP contribution in [0.3, 0.4) is 0 Å². The van der Waals surface area contributed by atoms with Crippen molar-refractivity contribution >= 4 is 5.78 Å². The van der Waals surface area contributed by atoms with Gasteiger partial charge in [0.05, 0.1) is 20.6 Å². The molecule has 0 spiro atoms. The Morgan fingerprint density at radius 1 is 1.17 bits per heavy atom. The van der Waals surface area contributed by atoms with Crippen LogP contribution < -0.4 is 14.2 Å². The summed E-state index contributed by atoms with van der Waals surface area (Å²) in [5.74, 6) is 1.37. The molecule has 1 atom stereocenters. The number of ether oxygens (including phenoxy) is 3. The second kappa shape index (κ2) is 5.83. The van der Waals surface area contributed by atoms with Gasteiger partial charge in [-0.25, -0.2) is 0 Å². The number of hydrogen-bond acceptors (Lipinski definition) is 5. The normalized spacial score (nSPS) is 16.5. The van der Waals surface area contributed by atoms with E-state index in [-0.39, 0.29) is 23.5 Å². The number of aromatic hydroxyl groups is 1. The number of carbonyl (C=O) groups is 1. The van der Waals surface area contributed by atoms with E-state index in [4.69, 9.17) is 14.2 Å². The second-order valence-electron chi connectivity index (χ2n) is 5.43. The number of Topliss-reactive ketones (excluding diaryl/α,β-unsaturated/α-hetero) is 1. The van der Waals surface area contributed by atoms with Gasteiger partial charge >= 0.3 is 0 Å². The summed E-state index contributed by atoms with van der Waals surface area (Å²) >= 11 is 0. The fourth-order valence-electron chi connectivity index (χ4n) is 2.76. The van der Waals surface area contributed by atoms with Crippen molar-refractivity contribution in [2.75, 3.05) is 14.2 Å². The molecule has 0 radical (unpaired) electrons. The highest BCUT2D eigenvalue weighted by atomic mass is 16.5. The summed E-state index contributed by atoms with van der Waals surface area (Å²) in [7, 11) is 3.11. The first kappa shape index (κ1) is 15.2. The molecule has 1 heterocycles. The first-order chi connectivity index (χ1) is 11.0. The molecule has 0 fully saturated rings. The number of hydrogen-bond donors (Lipinski definition) is 1. The number of rotatable bonds is 3.